The molecule has 0 aromatic rings. The quantitative estimate of drug-likeness (QED) is 0.493. The summed E-state index contributed by atoms with van der Waals surface area (Å²) in [5, 5.41) is 18.1. The topological polar surface area (TPSA) is 63.3 Å². The Hall–Kier alpha value is -0.710. The largest absolute Gasteiger partial charge is 0.330 e. The van der Waals surface area contributed by atoms with Crippen LogP contribution >= 0.6 is 8.45 Å². The predicted octanol–water partition coefficient (Wildman–Crippen LogP) is 4.91. The van der Waals surface area contributed by atoms with Gasteiger partial charge in [-0.2, -0.15) is 10.5 Å². The average molecular weight is 354 g/mol. The van der Waals surface area contributed by atoms with Crippen LogP contribution in [0.25, 0.3) is 0 Å². The Labute approximate surface area is 150 Å². The Morgan fingerprint density at radius 2 is 1.25 bits per heavy atom. The van der Waals surface area contributed by atoms with Gasteiger partial charge in [-0.3, -0.25) is 0 Å². The number of hydrogen-bond acceptors (Lipinski definition) is 5. The van der Waals surface area contributed by atoms with Gasteiger partial charge in [0.1, 0.15) is 0 Å². The minimum atomic E-state index is -0.966. The second-order valence-corrected chi connectivity index (χ2v) is 8.89. The number of rotatable bonds is 11. The summed E-state index contributed by atoms with van der Waals surface area (Å²) in [6.07, 6.45) is 0.971. The van der Waals surface area contributed by atoms with Gasteiger partial charge in [0, 0.05) is 30.6 Å². The molecule has 0 bridgehead atoms. The molecule has 0 aromatic carbocycles. The zero-order valence-corrected chi connectivity index (χ0v) is 17.5. The normalized spacial score (nSPS) is 13.5. The first-order valence-electron chi connectivity index (χ1n) is 8.93. The van der Waals surface area contributed by atoms with E-state index in [0.29, 0.717) is 43.6 Å². The lowest BCUT2D eigenvalue weighted by molar-refractivity contribution is 0.176. The predicted molar refractivity (Wildman–Crippen MR) is 101 cm³/mol. The zero-order valence-electron chi connectivity index (χ0n) is 16.7. The van der Waals surface area contributed by atoms with Gasteiger partial charge in [-0.05, 0) is 61.8 Å². The Balaban J connectivity index is 5.39. The molecule has 0 amide bonds. The summed E-state index contributed by atoms with van der Waals surface area (Å²) in [6.45, 7) is 17.9. The molecule has 1 unspecified atom stereocenters. The van der Waals surface area contributed by atoms with Crippen molar-refractivity contribution in [2.45, 2.75) is 92.4 Å². The highest BCUT2D eigenvalue weighted by molar-refractivity contribution is 7.47. The first kappa shape index (κ1) is 23.3. The van der Waals surface area contributed by atoms with Crippen LogP contribution in [0.2, 0.25) is 0 Å². The van der Waals surface area contributed by atoms with E-state index < -0.39 is 8.45 Å². The number of nitrogens with zero attached hydrogens (tertiary/aromatic N) is 4. The van der Waals surface area contributed by atoms with Crippen LogP contribution < -0.4 is 0 Å². The molecule has 0 aliphatic heterocycles. The fraction of sp³-hybridized carbons (Fsp3) is 0.889. The van der Waals surface area contributed by atoms with Crippen molar-refractivity contribution in [3.8, 4) is 12.1 Å². The van der Waals surface area contributed by atoms with Gasteiger partial charge in [-0.25, -0.2) is 9.34 Å². The van der Waals surface area contributed by atoms with Crippen molar-refractivity contribution in [3.63, 3.8) is 0 Å². The molecule has 0 aliphatic carbocycles. The molecule has 0 fully saturated rings. The first-order valence-corrected chi connectivity index (χ1v) is 10.1. The average Bonchev–Trinajstić information content (AvgIpc) is 2.45. The molecule has 0 aromatic heterocycles. The highest BCUT2D eigenvalue weighted by atomic mass is 31.2. The zero-order chi connectivity index (χ0) is 18.9. The summed E-state index contributed by atoms with van der Waals surface area (Å²) >= 11 is 0. The molecular weight excluding hydrogens is 319 g/mol. The van der Waals surface area contributed by atoms with Crippen LogP contribution in [0.5, 0.6) is 0 Å². The highest BCUT2D eigenvalue weighted by Crippen LogP contribution is 2.51. The van der Waals surface area contributed by atoms with Gasteiger partial charge >= 0.3 is 0 Å². The molecule has 138 valence electrons. The lowest BCUT2D eigenvalue weighted by Crippen LogP contribution is -2.43. The van der Waals surface area contributed by atoms with E-state index in [9.17, 15) is 5.26 Å². The Kier molecular flexibility index (Phi) is 11.4. The highest BCUT2D eigenvalue weighted by Gasteiger charge is 2.34. The smallest absolute Gasteiger partial charge is 0.188 e. The molecule has 0 N–H and O–H groups in total. The summed E-state index contributed by atoms with van der Waals surface area (Å²) in [5.41, 5.74) is 0. The molecule has 0 radical (unpaired) electrons. The van der Waals surface area contributed by atoms with Crippen molar-refractivity contribution >= 4 is 8.45 Å². The van der Waals surface area contributed by atoms with Crippen molar-refractivity contribution in [1.29, 1.82) is 10.5 Å². The lowest BCUT2D eigenvalue weighted by Gasteiger charge is -2.45. The fourth-order valence-electron chi connectivity index (χ4n) is 2.82. The van der Waals surface area contributed by atoms with Crippen molar-refractivity contribution in [1.82, 2.24) is 9.34 Å². The van der Waals surface area contributed by atoms with Crippen LogP contribution in [0, 0.1) is 28.6 Å². The Morgan fingerprint density at radius 1 is 0.833 bits per heavy atom. The second kappa shape index (κ2) is 11.8. The molecule has 24 heavy (non-hydrogen) atoms. The fourth-order valence-corrected chi connectivity index (χ4v) is 5.21. The summed E-state index contributed by atoms with van der Waals surface area (Å²) in [7, 11) is -0.966. The van der Waals surface area contributed by atoms with Crippen LogP contribution in [0.15, 0.2) is 0 Å². The maximum atomic E-state index is 9.32. The van der Waals surface area contributed by atoms with Crippen molar-refractivity contribution in [3.05, 3.63) is 0 Å². The molecule has 0 spiro atoms. The van der Waals surface area contributed by atoms with Crippen molar-refractivity contribution < 1.29 is 4.52 Å². The van der Waals surface area contributed by atoms with Gasteiger partial charge < -0.3 is 4.52 Å². The van der Waals surface area contributed by atoms with E-state index in [1.165, 1.54) is 0 Å². The van der Waals surface area contributed by atoms with E-state index in [0.717, 1.165) is 0 Å². The Morgan fingerprint density at radius 3 is 1.54 bits per heavy atom. The summed E-state index contributed by atoms with van der Waals surface area (Å²) in [6, 6.07) is 5.83. The number of nitriles is 2. The van der Waals surface area contributed by atoms with Gasteiger partial charge in [0.15, 0.2) is 8.45 Å². The summed E-state index contributed by atoms with van der Waals surface area (Å²) < 4.78 is 11.2. The van der Waals surface area contributed by atoms with Crippen LogP contribution in [-0.2, 0) is 4.52 Å². The van der Waals surface area contributed by atoms with E-state index in [4.69, 9.17) is 9.79 Å². The lowest BCUT2D eigenvalue weighted by atomic mass is 10.1. The maximum Gasteiger partial charge on any atom is 0.188 e. The SMILES string of the molecule is CC(C)N(C(C)C)P(OCC(C#N)CCC#N)N(C(C)C)C(C)C. The molecule has 6 heteroatoms. The summed E-state index contributed by atoms with van der Waals surface area (Å²) in [5.74, 6) is -0.225. The molecule has 0 saturated carbocycles. The Bertz CT molecular complexity index is 390. The third-order valence-corrected chi connectivity index (χ3v) is 6.71. The molecular formula is C18H35N4OP. The monoisotopic (exact) mass is 354 g/mol. The van der Waals surface area contributed by atoms with Gasteiger partial charge in [0.2, 0.25) is 0 Å². The van der Waals surface area contributed by atoms with E-state index >= 15 is 0 Å². The van der Waals surface area contributed by atoms with Gasteiger partial charge in [0.05, 0.1) is 24.7 Å². The third kappa shape index (κ3) is 7.45. The molecule has 1 atom stereocenters. The molecule has 0 aliphatic rings. The van der Waals surface area contributed by atoms with Gasteiger partial charge in [-0.15, -0.1) is 0 Å². The molecule has 5 nitrogen and oxygen atoms in total. The molecule has 0 rings (SSSR count). The van der Waals surface area contributed by atoms with E-state index in [1.807, 2.05) is 0 Å². The van der Waals surface area contributed by atoms with Gasteiger partial charge in [0.25, 0.3) is 0 Å². The third-order valence-electron chi connectivity index (χ3n) is 3.69. The second-order valence-electron chi connectivity index (χ2n) is 7.21. The van der Waals surface area contributed by atoms with E-state index in [2.05, 4.69) is 76.9 Å². The van der Waals surface area contributed by atoms with Crippen molar-refractivity contribution in [2.75, 3.05) is 6.61 Å². The van der Waals surface area contributed by atoms with Gasteiger partial charge in [-0.1, -0.05) is 0 Å². The van der Waals surface area contributed by atoms with E-state index in [1.54, 1.807) is 0 Å². The minimum absolute atomic E-state index is 0.225. The molecule has 0 heterocycles. The first-order chi connectivity index (χ1) is 11.2. The van der Waals surface area contributed by atoms with E-state index in [-0.39, 0.29) is 5.92 Å². The molecule has 0 saturated heterocycles. The van der Waals surface area contributed by atoms with Crippen molar-refractivity contribution in [2.24, 2.45) is 5.92 Å². The van der Waals surface area contributed by atoms with Crippen LogP contribution in [0.4, 0.5) is 0 Å². The summed E-state index contributed by atoms with van der Waals surface area (Å²) in [4.78, 5) is 0. The maximum absolute atomic E-state index is 9.32. The van der Waals surface area contributed by atoms with Crippen LogP contribution in [0.1, 0.15) is 68.2 Å². The minimum Gasteiger partial charge on any atom is -0.330 e. The van der Waals surface area contributed by atoms with Crippen LogP contribution in [0.3, 0.4) is 0 Å². The standard InChI is InChI=1S/C18H35N4OP/c1-14(2)21(15(3)4)24(22(16(5)6)17(7)8)23-13-18(12-20)10-9-11-19/h14-18H,9-10,13H2,1-8H3. The van der Waals surface area contributed by atoms with Crippen LogP contribution in [-0.4, -0.2) is 40.1 Å². The number of hydrogen-bond donors (Lipinski definition) is 0.